The summed E-state index contributed by atoms with van der Waals surface area (Å²) >= 11 is 2.99. The van der Waals surface area contributed by atoms with Crippen molar-refractivity contribution in [3.05, 3.63) is 54.1 Å². The van der Waals surface area contributed by atoms with Crippen molar-refractivity contribution in [2.45, 2.75) is 4.34 Å². The third kappa shape index (κ3) is 3.45. The number of carbonyl (C=O) groups is 1. The van der Waals surface area contributed by atoms with Crippen LogP contribution in [0.1, 0.15) is 5.56 Å². The van der Waals surface area contributed by atoms with Crippen LogP contribution in [0.3, 0.4) is 0 Å². The van der Waals surface area contributed by atoms with Gasteiger partial charge in [0.05, 0.1) is 27.6 Å². The van der Waals surface area contributed by atoms with Crippen molar-refractivity contribution in [1.29, 1.82) is 5.26 Å². The minimum absolute atomic E-state index is 0.112. The first-order chi connectivity index (χ1) is 10.7. The monoisotopic (exact) mass is 325 g/mol. The van der Waals surface area contributed by atoms with Crippen LogP contribution >= 0.6 is 23.1 Å². The zero-order chi connectivity index (χ0) is 15.4. The molecule has 3 rings (SSSR count). The molecule has 1 heterocycles. The number of amides is 1. The minimum atomic E-state index is -0.112. The predicted molar refractivity (Wildman–Crippen MR) is 90.1 cm³/mol. The van der Waals surface area contributed by atoms with E-state index in [0.717, 1.165) is 14.6 Å². The third-order valence-corrected chi connectivity index (χ3v) is 5.06. The summed E-state index contributed by atoms with van der Waals surface area (Å²) in [4.78, 5) is 16.4. The Bertz CT molecular complexity index is 834. The van der Waals surface area contributed by atoms with Crippen molar-refractivity contribution < 1.29 is 4.79 Å². The quantitative estimate of drug-likeness (QED) is 0.739. The summed E-state index contributed by atoms with van der Waals surface area (Å²) in [5.41, 5.74) is 2.11. The van der Waals surface area contributed by atoms with Crippen molar-refractivity contribution in [2.75, 3.05) is 11.1 Å². The fourth-order valence-corrected chi connectivity index (χ4v) is 3.77. The molecule has 22 heavy (non-hydrogen) atoms. The van der Waals surface area contributed by atoms with Crippen LogP contribution in [0.5, 0.6) is 0 Å². The standard InChI is InChI=1S/C16H11N3OS2/c17-9-11-4-3-5-12(8-11)18-15(20)10-21-16-19-13-6-1-2-7-14(13)22-16/h1-8H,10H2,(H,18,20). The lowest BCUT2D eigenvalue weighted by Gasteiger charge is -2.04. The highest BCUT2D eigenvalue weighted by atomic mass is 32.2. The molecule has 4 nitrogen and oxygen atoms in total. The van der Waals surface area contributed by atoms with E-state index in [-0.39, 0.29) is 11.7 Å². The van der Waals surface area contributed by atoms with E-state index in [9.17, 15) is 4.79 Å². The van der Waals surface area contributed by atoms with Crippen LogP contribution < -0.4 is 5.32 Å². The Labute approximate surface area is 135 Å². The van der Waals surface area contributed by atoms with Gasteiger partial charge in [0.25, 0.3) is 0 Å². The molecule has 1 aromatic heterocycles. The zero-order valence-corrected chi connectivity index (χ0v) is 13.1. The number of rotatable bonds is 4. The average molecular weight is 325 g/mol. The van der Waals surface area contributed by atoms with E-state index >= 15 is 0 Å². The molecule has 0 bridgehead atoms. The first kappa shape index (κ1) is 14.6. The molecule has 0 aliphatic carbocycles. The zero-order valence-electron chi connectivity index (χ0n) is 11.4. The van der Waals surface area contributed by atoms with E-state index in [2.05, 4.69) is 10.3 Å². The van der Waals surface area contributed by atoms with Crippen molar-refractivity contribution >= 4 is 44.9 Å². The number of thioether (sulfide) groups is 1. The van der Waals surface area contributed by atoms with Crippen molar-refractivity contribution in [3.63, 3.8) is 0 Å². The molecule has 0 atom stereocenters. The number of carbonyl (C=O) groups excluding carboxylic acids is 1. The normalized spacial score (nSPS) is 10.3. The number of nitrogens with zero attached hydrogens (tertiary/aromatic N) is 2. The molecular formula is C16H11N3OS2. The number of aromatic nitrogens is 1. The first-order valence-electron chi connectivity index (χ1n) is 6.53. The summed E-state index contributed by atoms with van der Waals surface area (Å²) in [7, 11) is 0. The van der Waals surface area contributed by atoms with Gasteiger partial charge in [-0.05, 0) is 30.3 Å². The molecular weight excluding hydrogens is 314 g/mol. The van der Waals surface area contributed by atoms with Gasteiger partial charge in [-0.2, -0.15) is 5.26 Å². The molecule has 2 aromatic carbocycles. The van der Waals surface area contributed by atoms with Gasteiger partial charge in [-0.3, -0.25) is 4.79 Å². The molecule has 0 saturated heterocycles. The van der Waals surface area contributed by atoms with Gasteiger partial charge in [-0.1, -0.05) is 30.0 Å². The number of para-hydroxylation sites is 1. The Hall–Kier alpha value is -2.36. The van der Waals surface area contributed by atoms with Crippen LogP contribution in [0.25, 0.3) is 10.2 Å². The third-order valence-electron chi connectivity index (χ3n) is 2.88. The highest BCUT2D eigenvalue weighted by Crippen LogP contribution is 2.29. The van der Waals surface area contributed by atoms with Gasteiger partial charge < -0.3 is 5.32 Å². The van der Waals surface area contributed by atoms with Crippen LogP contribution in [0.4, 0.5) is 5.69 Å². The van der Waals surface area contributed by atoms with Gasteiger partial charge in [-0.25, -0.2) is 4.98 Å². The number of hydrogen-bond acceptors (Lipinski definition) is 5. The second-order valence-corrected chi connectivity index (χ2v) is 6.73. The van der Waals surface area contributed by atoms with Gasteiger partial charge >= 0.3 is 0 Å². The Morgan fingerprint density at radius 1 is 1.27 bits per heavy atom. The number of anilines is 1. The van der Waals surface area contributed by atoms with E-state index in [1.54, 1.807) is 35.6 Å². The Kier molecular flexibility index (Phi) is 4.37. The van der Waals surface area contributed by atoms with Crippen LogP contribution in [0.15, 0.2) is 52.9 Å². The minimum Gasteiger partial charge on any atom is -0.325 e. The molecule has 0 fully saturated rings. The molecule has 6 heteroatoms. The number of fused-ring (bicyclic) bond motifs is 1. The van der Waals surface area contributed by atoms with Crippen LogP contribution in [-0.4, -0.2) is 16.6 Å². The predicted octanol–water partition coefficient (Wildman–Crippen LogP) is 3.90. The SMILES string of the molecule is N#Cc1cccc(NC(=O)CSc2nc3ccccc3s2)c1. The summed E-state index contributed by atoms with van der Waals surface area (Å²) in [5, 5.41) is 11.6. The maximum atomic E-state index is 12.0. The van der Waals surface area contributed by atoms with Gasteiger partial charge in [0.1, 0.15) is 0 Å². The number of thiazole rings is 1. The van der Waals surface area contributed by atoms with Crippen molar-refractivity contribution in [2.24, 2.45) is 0 Å². The second-order valence-electron chi connectivity index (χ2n) is 4.48. The largest absolute Gasteiger partial charge is 0.325 e. The lowest BCUT2D eigenvalue weighted by Crippen LogP contribution is -2.13. The number of benzene rings is 2. The van der Waals surface area contributed by atoms with Crippen LogP contribution in [0, 0.1) is 11.3 Å². The van der Waals surface area contributed by atoms with Gasteiger partial charge in [0, 0.05) is 5.69 Å². The summed E-state index contributed by atoms with van der Waals surface area (Å²) in [6.07, 6.45) is 0. The molecule has 0 spiro atoms. The summed E-state index contributed by atoms with van der Waals surface area (Å²) in [5.74, 6) is 0.177. The molecule has 0 aliphatic heterocycles. The fourth-order valence-electron chi connectivity index (χ4n) is 1.90. The highest BCUT2D eigenvalue weighted by molar-refractivity contribution is 8.01. The second kappa shape index (κ2) is 6.60. The molecule has 1 N–H and O–H groups in total. The van der Waals surface area contributed by atoms with Crippen LogP contribution in [-0.2, 0) is 4.79 Å². The summed E-state index contributed by atoms with van der Waals surface area (Å²) < 4.78 is 1.99. The number of nitriles is 1. The Balaban J connectivity index is 1.61. The maximum Gasteiger partial charge on any atom is 0.234 e. The first-order valence-corrected chi connectivity index (χ1v) is 8.33. The molecule has 1 amide bonds. The lowest BCUT2D eigenvalue weighted by atomic mass is 10.2. The van der Waals surface area contributed by atoms with Crippen molar-refractivity contribution in [1.82, 2.24) is 4.98 Å². The lowest BCUT2D eigenvalue weighted by molar-refractivity contribution is -0.113. The molecule has 0 aliphatic rings. The number of nitrogens with one attached hydrogen (secondary N) is 1. The summed E-state index contributed by atoms with van der Waals surface area (Å²) in [6, 6.07) is 16.8. The number of hydrogen-bond donors (Lipinski definition) is 1. The fraction of sp³-hybridized carbons (Fsp3) is 0.0625. The van der Waals surface area contributed by atoms with E-state index in [1.807, 2.05) is 30.3 Å². The van der Waals surface area contributed by atoms with Gasteiger partial charge in [0.15, 0.2) is 4.34 Å². The maximum absolute atomic E-state index is 12.0. The molecule has 0 unspecified atom stereocenters. The van der Waals surface area contributed by atoms with Crippen LogP contribution in [0.2, 0.25) is 0 Å². The average Bonchev–Trinajstić information content (AvgIpc) is 2.96. The van der Waals surface area contributed by atoms with Gasteiger partial charge in [0.2, 0.25) is 5.91 Å². The van der Waals surface area contributed by atoms with Gasteiger partial charge in [-0.15, -0.1) is 11.3 Å². The molecule has 0 radical (unpaired) electrons. The van der Waals surface area contributed by atoms with Crippen molar-refractivity contribution in [3.8, 4) is 6.07 Å². The molecule has 108 valence electrons. The van der Waals surface area contributed by atoms with E-state index in [4.69, 9.17) is 5.26 Å². The van der Waals surface area contributed by atoms with E-state index < -0.39 is 0 Å². The van der Waals surface area contributed by atoms with E-state index in [1.165, 1.54) is 11.8 Å². The topological polar surface area (TPSA) is 65.8 Å². The van der Waals surface area contributed by atoms with E-state index in [0.29, 0.717) is 11.3 Å². The Morgan fingerprint density at radius 2 is 2.14 bits per heavy atom. The molecule has 0 saturated carbocycles. The highest BCUT2D eigenvalue weighted by Gasteiger charge is 2.08. The summed E-state index contributed by atoms with van der Waals surface area (Å²) in [6.45, 7) is 0. The smallest absolute Gasteiger partial charge is 0.234 e. The Morgan fingerprint density at radius 3 is 2.95 bits per heavy atom. The molecule has 3 aromatic rings.